The molecule has 0 bridgehead atoms. The first-order valence-corrected chi connectivity index (χ1v) is 10.1. The van der Waals surface area contributed by atoms with Gasteiger partial charge in [-0.3, -0.25) is 9.59 Å². The van der Waals surface area contributed by atoms with Gasteiger partial charge in [-0.05, 0) is 62.2 Å². The Morgan fingerprint density at radius 3 is 2.25 bits per heavy atom. The normalized spacial score (nSPS) is 16.3. The molecule has 0 aliphatic carbocycles. The first-order chi connectivity index (χ1) is 13.5. The lowest BCUT2D eigenvalue weighted by Crippen LogP contribution is -2.28. The molecule has 1 unspecified atom stereocenters. The van der Waals surface area contributed by atoms with Crippen LogP contribution in [0, 0.1) is 5.92 Å². The van der Waals surface area contributed by atoms with Gasteiger partial charge < -0.3 is 15.1 Å². The van der Waals surface area contributed by atoms with Crippen molar-refractivity contribution >= 4 is 28.9 Å². The Morgan fingerprint density at radius 2 is 1.68 bits per heavy atom. The van der Waals surface area contributed by atoms with Crippen LogP contribution < -0.4 is 15.1 Å². The van der Waals surface area contributed by atoms with Crippen LogP contribution in [-0.2, 0) is 16.0 Å². The second-order valence-electron chi connectivity index (χ2n) is 7.13. The predicted octanol–water partition coefficient (Wildman–Crippen LogP) is 4.09. The van der Waals surface area contributed by atoms with Crippen LogP contribution in [0.5, 0.6) is 0 Å². The van der Waals surface area contributed by atoms with Gasteiger partial charge >= 0.3 is 0 Å². The number of anilines is 3. The monoisotopic (exact) mass is 379 g/mol. The SMILES string of the molecule is CCc1ccc(N2CC(C(=O)Nc3ccc(N(CC)CC)cc3)CC2=O)cc1. The summed E-state index contributed by atoms with van der Waals surface area (Å²) < 4.78 is 0. The van der Waals surface area contributed by atoms with Gasteiger partial charge in [0.1, 0.15) is 0 Å². The Hall–Kier alpha value is -2.82. The summed E-state index contributed by atoms with van der Waals surface area (Å²) in [4.78, 5) is 29.1. The van der Waals surface area contributed by atoms with E-state index >= 15 is 0 Å². The smallest absolute Gasteiger partial charge is 0.229 e. The zero-order valence-corrected chi connectivity index (χ0v) is 16.9. The summed E-state index contributed by atoms with van der Waals surface area (Å²) >= 11 is 0. The molecule has 1 aliphatic rings. The van der Waals surface area contributed by atoms with Crippen molar-refractivity contribution < 1.29 is 9.59 Å². The number of nitrogens with one attached hydrogen (secondary N) is 1. The largest absolute Gasteiger partial charge is 0.372 e. The minimum Gasteiger partial charge on any atom is -0.372 e. The van der Waals surface area contributed by atoms with Crippen LogP contribution in [0.1, 0.15) is 32.8 Å². The standard InChI is InChI=1S/C23H29N3O2/c1-4-17-7-11-21(12-8-17)26-16-18(15-22(26)27)23(28)24-19-9-13-20(14-10-19)25(5-2)6-3/h7-14,18H,4-6,15-16H2,1-3H3,(H,24,28). The van der Waals surface area contributed by atoms with Crippen LogP contribution >= 0.6 is 0 Å². The quantitative estimate of drug-likeness (QED) is 0.788. The van der Waals surface area contributed by atoms with Crippen molar-refractivity contribution in [2.45, 2.75) is 33.6 Å². The molecule has 1 atom stereocenters. The lowest BCUT2D eigenvalue weighted by atomic mass is 10.1. The summed E-state index contributed by atoms with van der Waals surface area (Å²) in [6, 6.07) is 15.9. The molecule has 2 aromatic carbocycles. The van der Waals surface area contributed by atoms with Crippen molar-refractivity contribution in [3.63, 3.8) is 0 Å². The number of hydrogen-bond acceptors (Lipinski definition) is 3. The van der Waals surface area contributed by atoms with E-state index in [0.29, 0.717) is 6.54 Å². The van der Waals surface area contributed by atoms with E-state index in [1.807, 2.05) is 48.5 Å². The zero-order chi connectivity index (χ0) is 20.1. The lowest BCUT2D eigenvalue weighted by molar-refractivity contribution is -0.122. The molecule has 0 radical (unpaired) electrons. The van der Waals surface area contributed by atoms with Crippen molar-refractivity contribution in [1.82, 2.24) is 0 Å². The van der Waals surface area contributed by atoms with Crippen molar-refractivity contribution in [2.24, 2.45) is 5.92 Å². The lowest BCUT2D eigenvalue weighted by Gasteiger charge is -2.21. The van der Waals surface area contributed by atoms with Crippen molar-refractivity contribution in [3.05, 3.63) is 54.1 Å². The molecule has 0 saturated carbocycles. The zero-order valence-electron chi connectivity index (χ0n) is 16.9. The topological polar surface area (TPSA) is 52.7 Å². The Balaban J connectivity index is 1.62. The average Bonchev–Trinajstić information content (AvgIpc) is 3.12. The minimum absolute atomic E-state index is 0.00118. The van der Waals surface area contributed by atoms with E-state index in [-0.39, 0.29) is 24.2 Å². The molecule has 1 aliphatic heterocycles. The van der Waals surface area contributed by atoms with E-state index in [1.54, 1.807) is 4.90 Å². The fourth-order valence-electron chi connectivity index (χ4n) is 3.63. The second-order valence-corrected chi connectivity index (χ2v) is 7.13. The predicted molar refractivity (Wildman–Crippen MR) is 115 cm³/mol. The molecule has 1 N–H and O–H groups in total. The maximum absolute atomic E-state index is 12.7. The van der Waals surface area contributed by atoms with Crippen molar-refractivity contribution in [2.75, 3.05) is 34.8 Å². The Morgan fingerprint density at radius 1 is 1.04 bits per heavy atom. The molecular formula is C23H29N3O2. The van der Waals surface area contributed by atoms with Gasteiger partial charge in [0.15, 0.2) is 0 Å². The maximum Gasteiger partial charge on any atom is 0.229 e. The first-order valence-electron chi connectivity index (χ1n) is 10.1. The summed E-state index contributed by atoms with van der Waals surface area (Å²) in [5.74, 6) is -0.432. The Kier molecular flexibility index (Phi) is 6.34. The van der Waals surface area contributed by atoms with Crippen LogP contribution in [0.15, 0.2) is 48.5 Å². The third-order valence-electron chi connectivity index (χ3n) is 5.42. The Bertz CT molecular complexity index is 811. The summed E-state index contributed by atoms with van der Waals surface area (Å²) in [6.07, 6.45) is 1.21. The van der Waals surface area contributed by atoms with Gasteiger partial charge in [-0.15, -0.1) is 0 Å². The highest BCUT2D eigenvalue weighted by Crippen LogP contribution is 2.27. The van der Waals surface area contributed by atoms with Crippen LogP contribution in [0.4, 0.5) is 17.1 Å². The van der Waals surface area contributed by atoms with Gasteiger partial charge in [-0.1, -0.05) is 19.1 Å². The van der Waals surface area contributed by atoms with Gasteiger partial charge in [0, 0.05) is 43.1 Å². The van der Waals surface area contributed by atoms with Gasteiger partial charge in [-0.25, -0.2) is 0 Å². The average molecular weight is 380 g/mol. The fourth-order valence-corrected chi connectivity index (χ4v) is 3.63. The van der Waals surface area contributed by atoms with E-state index < -0.39 is 0 Å². The highest BCUT2D eigenvalue weighted by Gasteiger charge is 2.35. The molecule has 1 saturated heterocycles. The number of rotatable bonds is 7. The first kappa shape index (κ1) is 19.9. The molecule has 3 rings (SSSR count). The van der Waals surface area contributed by atoms with Crippen molar-refractivity contribution in [3.8, 4) is 0 Å². The van der Waals surface area contributed by atoms with Gasteiger partial charge in [0.05, 0.1) is 5.92 Å². The number of amides is 2. The summed E-state index contributed by atoms with van der Waals surface area (Å²) in [6.45, 7) is 8.66. The van der Waals surface area contributed by atoms with Crippen molar-refractivity contribution in [1.29, 1.82) is 0 Å². The van der Waals surface area contributed by atoms with Gasteiger partial charge in [-0.2, -0.15) is 0 Å². The summed E-state index contributed by atoms with van der Waals surface area (Å²) in [5.41, 5.74) is 4.00. The number of aryl methyl sites for hydroxylation is 1. The third-order valence-corrected chi connectivity index (χ3v) is 5.42. The van der Waals surface area contributed by atoms with Gasteiger partial charge in [0.25, 0.3) is 0 Å². The number of benzene rings is 2. The Labute approximate surface area is 167 Å². The molecule has 5 nitrogen and oxygen atoms in total. The number of hydrogen-bond donors (Lipinski definition) is 1. The number of carbonyl (C=O) groups is 2. The molecule has 0 aromatic heterocycles. The van der Waals surface area contributed by atoms with Crippen LogP contribution in [0.2, 0.25) is 0 Å². The second kappa shape index (κ2) is 8.91. The molecule has 2 aromatic rings. The van der Waals surface area contributed by atoms with Gasteiger partial charge in [0.2, 0.25) is 11.8 Å². The molecule has 28 heavy (non-hydrogen) atoms. The minimum atomic E-state index is -0.333. The molecule has 0 spiro atoms. The van der Waals surface area contributed by atoms with Crippen LogP contribution in [0.3, 0.4) is 0 Å². The van der Waals surface area contributed by atoms with E-state index in [1.165, 1.54) is 5.56 Å². The molecule has 2 amide bonds. The van der Waals surface area contributed by atoms with Crippen LogP contribution in [-0.4, -0.2) is 31.4 Å². The van der Waals surface area contributed by atoms with E-state index in [4.69, 9.17) is 0 Å². The number of carbonyl (C=O) groups excluding carboxylic acids is 2. The molecule has 148 valence electrons. The number of nitrogens with zero attached hydrogens (tertiary/aromatic N) is 2. The summed E-state index contributed by atoms with van der Waals surface area (Å²) in [7, 11) is 0. The van der Waals surface area contributed by atoms with Crippen LogP contribution in [0.25, 0.3) is 0 Å². The fraction of sp³-hybridized carbons (Fsp3) is 0.391. The highest BCUT2D eigenvalue weighted by atomic mass is 16.2. The molecule has 1 fully saturated rings. The molecule has 5 heteroatoms. The molecule has 1 heterocycles. The van der Waals surface area contributed by atoms with E-state index in [2.05, 4.69) is 31.0 Å². The third kappa shape index (κ3) is 4.35. The highest BCUT2D eigenvalue weighted by molar-refractivity contribution is 6.03. The summed E-state index contributed by atoms with van der Waals surface area (Å²) in [5, 5.41) is 2.96. The van der Waals surface area contributed by atoms with E-state index in [0.717, 1.165) is 36.6 Å². The maximum atomic E-state index is 12.7. The molecular weight excluding hydrogens is 350 g/mol. The van der Waals surface area contributed by atoms with E-state index in [9.17, 15) is 9.59 Å².